The predicted molar refractivity (Wildman–Crippen MR) is 88.4 cm³/mol. The molecule has 2 aromatic rings. The van der Waals surface area contributed by atoms with Crippen LogP contribution in [0.4, 0.5) is 0 Å². The number of aryl methyl sites for hydroxylation is 1. The van der Waals surface area contributed by atoms with E-state index < -0.39 is 0 Å². The van der Waals surface area contributed by atoms with Crippen molar-refractivity contribution in [3.05, 3.63) is 59.4 Å². The molecule has 1 aromatic heterocycles. The van der Waals surface area contributed by atoms with Crippen molar-refractivity contribution in [1.82, 2.24) is 4.98 Å². The van der Waals surface area contributed by atoms with Gasteiger partial charge in [0.05, 0.1) is 22.2 Å². The second kappa shape index (κ2) is 4.44. The van der Waals surface area contributed by atoms with Crippen molar-refractivity contribution in [3.8, 4) is 0 Å². The molecule has 0 saturated heterocycles. The molecule has 2 aliphatic rings. The molecule has 0 spiro atoms. The van der Waals surface area contributed by atoms with Gasteiger partial charge in [0.1, 0.15) is 0 Å². The predicted octanol–water partition coefficient (Wildman–Crippen LogP) is 4.23. The van der Waals surface area contributed by atoms with Crippen LogP contribution in [0, 0.1) is 6.92 Å². The molecule has 0 fully saturated rings. The second-order valence-electron chi connectivity index (χ2n) is 6.35. The fourth-order valence-electron chi connectivity index (χ4n) is 3.57. The quantitative estimate of drug-likeness (QED) is 0.786. The highest BCUT2D eigenvalue weighted by Crippen LogP contribution is 2.56. The summed E-state index contributed by atoms with van der Waals surface area (Å²) in [5, 5.41) is 0.417. The maximum absolute atomic E-state index is 5.08. The summed E-state index contributed by atoms with van der Waals surface area (Å²) in [5.41, 5.74) is 5.02. The van der Waals surface area contributed by atoms with Crippen LogP contribution in [-0.2, 0) is 0 Å². The van der Waals surface area contributed by atoms with Crippen LogP contribution in [0.15, 0.2) is 52.5 Å². The fourth-order valence-corrected chi connectivity index (χ4v) is 5.30. The SMILES string of the molecule is Cc1nccc2c1SC1C(c3ccccc3)=NC(C)(C)C21. The van der Waals surface area contributed by atoms with Crippen LogP contribution < -0.4 is 0 Å². The van der Waals surface area contributed by atoms with Crippen LogP contribution >= 0.6 is 11.8 Å². The lowest BCUT2D eigenvalue weighted by molar-refractivity contribution is 0.458. The first-order valence-corrected chi connectivity index (χ1v) is 8.23. The normalized spacial score (nSPS) is 25.4. The second-order valence-corrected chi connectivity index (χ2v) is 7.50. The van der Waals surface area contributed by atoms with Crippen molar-refractivity contribution in [2.45, 2.75) is 42.4 Å². The summed E-state index contributed by atoms with van der Waals surface area (Å²) in [6.07, 6.45) is 1.94. The Morgan fingerprint density at radius 2 is 1.86 bits per heavy atom. The van der Waals surface area contributed by atoms with Gasteiger partial charge in [-0.15, -0.1) is 11.8 Å². The molecule has 0 amide bonds. The number of rotatable bonds is 1. The van der Waals surface area contributed by atoms with Gasteiger partial charge in [0.25, 0.3) is 0 Å². The van der Waals surface area contributed by atoms with Crippen molar-refractivity contribution < 1.29 is 0 Å². The molecule has 2 unspecified atom stereocenters. The summed E-state index contributed by atoms with van der Waals surface area (Å²) in [4.78, 5) is 10.9. The molecule has 2 aliphatic heterocycles. The van der Waals surface area contributed by atoms with Gasteiger partial charge in [0.2, 0.25) is 0 Å². The van der Waals surface area contributed by atoms with Gasteiger partial charge in [-0.1, -0.05) is 30.3 Å². The van der Waals surface area contributed by atoms with E-state index in [0.29, 0.717) is 11.2 Å². The number of nitrogens with zero attached hydrogens (tertiary/aromatic N) is 2. The van der Waals surface area contributed by atoms with Gasteiger partial charge < -0.3 is 0 Å². The number of thioether (sulfide) groups is 1. The Hall–Kier alpha value is -1.61. The van der Waals surface area contributed by atoms with Crippen molar-refractivity contribution in [2.24, 2.45) is 4.99 Å². The molecule has 0 aliphatic carbocycles. The fraction of sp³-hybridized carbons (Fsp3) is 0.333. The Balaban J connectivity index is 1.85. The average molecular weight is 294 g/mol. The molecule has 21 heavy (non-hydrogen) atoms. The first kappa shape index (κ1) is 13.1. The van der Waals surface area contributed by atoms with Gasteiger partial charge in [-0.3, -0.25) is 9.98 Å². The number of aliphatic imine (C=N–C) groups is 1. The Labute approximate surface area is 129 Å². The standard InChI is InChI=1S/C18H18N2S/c1-11-16-13(9-10-19-11)14-17(21-16)15(20-18(14,2)3)12-7-5-4-6-8-12/h4-10,14,17H,1-3H3. The Morgan fingerprint density at radius 3 is 2.62 bits per heavy atom. The summed E-state index contributed by atoms with van der Waals surface area (Å²) in [6.45, 7) is 6.62. The van der Waals surface area contributed by atoms with Crippen molar-refractivity contribution in [2.75, 3.05) is 0 Å². The maximum Gasteiger partial charge on any atom is 0.0639 e. The van der Waals surface area contributed by atoms with E-state index in [-0.39, 0.29) is 5.54 Å². The van der Waals surface area contributed by atoms with Crippen LogP contribution in [0.1, 0.15) is 36.6 Å². The molecule has 4 rings (SSSR count). The highest BCUT2D eigenvalue weighted by Gasteiger charge is 2.50. The minimum absolute atomic E-state index is 0.0537. The van der Waals surface area contributed by atoms with Crippen LogP contribution in [-0.4, -0.2) is 21.5 Å². The summed E-state index contributed by atoms with van der Waals surface area (Å²) < 4.78 is 0. The Bertz CT molecular complexity index is 734. The molecule has 0 bridgehead atoms. The molecule has 3 heteroatoms. The zero-order valence-electron chi connectivity index (χ0n) is 12.5. The summed E-state index contributed by atoms with van der Waals surface area (Å²) in [7, 11) is 0. The zero-order chi connectivity index (χ0) is 14.6. The van der Waals surface area contributed by atoms with Crippen LogP contribution in [0.25, 0.3) is 0 Å². The first-order chi connectivity index (χ1) is 10.1. The van der Waals surface area contributed by atoms with Gasteiger partial charge in [-0.05, 0) is 38.0 Å². The average Bonchev–Trinajstić information content (AvgIpc) is 2.98. The molecule has 0 saturated carbocycles. The zero-order valence-corrected chi connectivity index (χ0v) is 13.3. The molecular formula is C18H18N2S. The molecule has 0 radical (unpaired) electrons. The van der Waals surface area contributed by atoms with E-state index in [4.69, 9.17) is 4.99 Å². The van der Waals surface area contributed by atoms with E-state index in [2.05, 4.69) is 62.2 Å². The topological polar surface area (TPSA) is 25.2 Å². The van der Waals surface area contributed by atoms with Crippen molar-refractivity contribution in [1.29, 1.82) is 0 Å². The number of aromatic nitrogens is 1. The molecule has 3 heterocycles. The molecule has 2 atom stereocenters. The maximum atomic E-state index is 5.08. The number of pyridine rings is 1. The minimum Gasteiger partial charge on any atom is -0.281 e. The van der Waals surface area contributed by atoms with E-state index in [1.54, 1.807) is 0 Å². The number of fused-ring (bicyclic) bond motifs is 3. The van der Waals surface area contributed by atoms with E-state index in [1.165, 1.54) is 21.7 Å². The minimum atomic E-state index is -0.0537. The molecule has 1 aromatic carbocycles. The highest BCUT2D eigenvalue weighted by atomic mass is 32.2. The lowest BCUT2D eigenvalue weighted by Crippen LogP contribution is -2.27. The number of benzene rings is 1. The highest BCUT2D eigenvalue weighted by molar-refractivity contribution is 8.01. The Morgan fingerprint density at radius 1 is 1.10 bits per heavy atom. The van der Waals surface area contributed by atoms with E-state index >= 15 is 0 Å². The van der Waals surface area contributed by atoms with Crippen molar-refractivity contribution in [3.63, 3.8) is 0 Å². The largest absolute Gasteiger partial charge is 0.281 e. The Kier molecular flexibility index (Phi) is 2.77. The van der Waals surface area contributed by atoms with Gasteiger partial charge in [0.15, 0.2) is 0 Å². The summed E-state index contributed by atoms with van der Waals surface area (Å²) in [5.74, 6) is 0.453. The van der Waals surface area contributed by atoms with E-state index in [9.17, 15) is 0 Å². The lowest BCUT2D eigenvalue weighted by atomic mass is 9.81. The van der Waals surface area contributed by atoms with Gasteiger partial charge in [-0.2, -0.15) is 0 Å². The van der Waals surface area contributed by atoms with Gasteiger partial charge in [0, 0.05) is 17.0 Å². The molecule has 2 nitrogen and oxygen atoms in total. The third kappa shape index (κ3) is 1.87. The summed E-state index contributed by atoms with van der Waals surface area (Å²) in [6, 6.07) is 12.8. The number of hydrogen-bond acceptors (Lipinski definition) is 3. The first-order valence-electron chi connectivity index (χ1n) is 7.35. The van der Waals surface area contributed by atoms with Crippen LogP contribution in [0.3, 0.4) is 0 Å². The third-order valence-corrected chi connectivity index (χ3v) is 6.02. The smallest absolute Gasteiger partial charge is 0.0639 e. The molecule has 106 valence electrons. The van der Waals surface area contributed by atoms with Gasteiger partial charge in [-0.25, -0.2) is 0 Å². The van der Waals surface area contributed by atoms with E-state index in [1.807, 2.05) is 18.0 Å². The third-order valence-electron chi connectivity index (χ3n) is 4.50. The van der Waals surface area contributed by atoms with Crippen LogP contribution in [0.2, 0.25) is 0 Å². The number of hydrogen-bond donors (Lipinski definition) is 0. The molecule has 0 N–H and O–H groups in total. The lowest BCUT2D eigenvalue weighted by Gasteiger charge is -2.24. The van der Waals surface area contributed by atoms with E-state index in [0.717, 1.165) is 5.69 Å². The van der Waals surface area contributed by atoms with Crippen molar-refractivity contribution >= 4 is 17.5 Å². The molecular weight excluding hydrogens is 276 g/mol. The monoisotopic (exact) mass is 294 g/mol. The van der Waals surface area contributed by atoms with Crippen LogP contribution in [0.5, 0.6) is 0 Å². The summed E-state index contributed by atoms with van der Waals surface area (Å²) >= 11 is 1.95. The van der Waals surface area contributed by atoms with Gasteiger partial charge >= 0.3 is 0 Å².